The van der Waals surface area contributed by atoms with E-state index >= 15 is 0 Å². The largest absolute Gasteiger partial charge is 0.352 e. The SMILES string of the molecule is CC(=O)N1CCN(c2nc(-c3ccccc3)nc3sc(C)c(C)c23)CC1. The maximum Gasteiger partial charge on any atom is 0.219 e. The Bertz CT molecular complexity index is 959. The number of aromatic nitrogens is 2. The quantitative estimate of drug-likeness (QED) is 0.695. The Balaban J connectivity index is 1.81. The zero-order valence-corrected chi connectivity index (χ0v) is 16.1. The molecule has 0 spiro atoms. The average Bonchev–Trinajstić information content (AvgIpc) is 2.96. The maximum atomic E-state index is 11.6. The van der Waals surface area contributed by atoms with E-state index in [2.05, 4.69) is 18.7 Å². The summed E-state index contributed by atoms with van der Waals surface area (Å²) in [6.45, 7) is 9.00. The van der Waals surface area contributed by atoms with Gasteiger partial charge in [0.15, 0.2) is 5.82 Å². The molecule has 5 nitrogen and oxygen atoms in total. The lowest BCUT2D eigenvalue weighted by atomic mass is 10.1. The lowest BCUT2D eigenvalue weighted by molar-refractivity contribution is -0.129. The van der Waals surface area contributed by atoms with Crippen LogP contribution in [0.15, 0.2) is 30.3 Å². The van der Waals surface area contributed by atoms with Crippen LogP contribution in [0.4, 0.5) is 5.82 Å². The predicted molar refractivity (Wildman–Crippen MR) is 107 cm³/mol. The number of aryl methyl sites for hydroxylation is 2. The second kappa shape index (κ2) is 6.68. The summed E-state index contributed by atoms with van der Waals surface area (Å²) in [7, 11) is 0. The molecule has 1 aliphatic heterocycles. The molecular weight excluding hydrogens is 344 g/mol. The van der Waals surface area contributed by atoms with E-state index < -0.39 is 0 Å². The summed E-state index contributed by atoms with van der Waals surface area (Å²) in [5, 5.41) is 1.16. The Morgan fingerprint density at radius 3 is 2.38 bits per heavy atom. The van der Waals surface area contributed by atoms with Crippen molar-refractivity contribution in [3.8, 4) is 11.4 Å². The molecule has 0 radical (unpaired) electrons. The Morgan fingerprint density at radius 1 is 1.04 bits per heavy atom. The molecule has 0 N–H and O–H groups in total. The van der Waals surface area contributed by atoms with Gasteiger partial charge in [-0.05, 0) is 19.4 Å². The molecule has 1 fully saturated rings. The summed E-state index contributed by atoms with van der Waals surface area (Å²) in [6, 6.07) is 10.1. The number of rotatable bonds is 2. The van der Waals surface area contributed by atoms with Crippen molar-refractivity contribution in [2.75, 3.05) is 31.1 Å². The molecule has 2 aromatic heterocycles. The molecule has 1 amide bonds. The number of thiophene rings is 1. The fraction of sp³-hybridized carbons (Fsp3) is 0.350. The van der Waals surface area contributed by atoms with Crippen LogP contribution in [0.3, 0.4) is 0 Å². The van der Waals surface area contributed by atoms with Crippen molar-refractivity contribution in [1.29, 1.82) is 0 Å². The first kappa shape index (κ1) is 17.0. The van der Waals surface area contributed by atoms with E-state index in [9.17, 15) is 4.79 Å². The molecule has 3 heterocycles. The van der Waals surface area contributed by atoms with Crippen LogP contribution in [-0.2, 0) is 4.79 Å². The molecule has 0 unspecified atom stereocenters. The molecule has 0 saturated carbocycles. The predicted octanol–water partition coefficient (Wildman–Crippen LogP) is 3.64. The van der Waals surface area contributed by atoms with Crippen LogP contribution in [-0.4, -0.2) is 47.0 Å². The number of anilines is 1. The number of carbonyl (C=O) groups excluding carboxylic acids is 1. The highest BCUT2D eigenvalue weighted by Gasteiger charge is 2.24. The zero-order chi connectivity index (χ0) is 18.3. The average molecular weight is 366 g/mol. The van der Waals surface area contributed by atoms with Gasteiger partial charge in [0, 0.05) is 43.5 Å². The van der Waals surface area contributed by atoms with Crippen molar-refractivity contribution < 1.29 is 4.79 Å². The fourth-order valence-electron chi connectivity index (χ4n) is 3.41. The van der Waals surface area contributed by atoms with E-state index in [0.717, 1.165) is 53.6 Å². The molecule has 0 aliphatic carbocycles. The van der Waals surface area contributed by atoms with Crippen LogP contribution in [0.25, 0.3) is 21.6 Å². The minimum atomic E-state index is 0.144. The highest BCUT2D eigenvalue weighted by Crippen LogP contribution is 2.36. The molecule has 0 bridgehead atoms. The highest BCUT2D eigenvalue weighted by atomic mass is 32.1. The van der Waals surface area contributed by atoms with Crippen molar-refractivity contribution in [3.63, 3.8) is 0 Å². The molecule has 134 valence electrons. The van der Waals surface area contributed by atoms with Crippen molar-refractivity contribution in [2.45, 2.75) is 20.8 Å². The van der Waals surface area contributed by atoms with Gasteiger partial charge < -0.3 is 9.80 Å². The number of hydrogen-bond acceptors (Lipinski definition) is 5. The lowest BCUT2D eigenvalue weighted by Crippen LogP contribution is -2.48. The van der Waals surface area contributed by atoms with Gasteiger partial charge in [0.1, 0.15) is 10.6 Å². The number of piperazine rings is 1. The van der Waals surface area contributed by atoms with Crippen LogP contribution in [0.1, 0.15) is 17.4 Å². The lowest BCUT2D eigenvalue weighted by Gasteiger charge is -2.35. The molecule has 1 aromatic carbocycles. The van der Waals surface area contributed by atoms with E-state index in [0.29, 0.717) is 0 Å². The number of fused-ring (bicyclic) bond motifs is 1. The third-order valence-electron chi connectivity index (χ3n) is 5.07. The standard InChI is InChI=1S/C20H22N4OS/c1-13-14(2)26-20-17(13)19(24-11-9-23(10-12-24)15(3)25)21-18(22-20)16-7-5-4-6-8-16/h4-8H,9-12H2,1-3H3. The van der Waals surface area contributed by atoms with Gasteiger partial charge in [-0.3, -0.25) is 4.79 Å². The van der Waals surface area contributed by atoms with E-state index in [1.54, 1.807) is 18.3 Å². The molecular formula is C20H22N4OS. The Kier molecular flexibility index (Phi) is 4.36. The third-order valence-corrected chi connectivity index (χ3v) is 6.17. The number of benzene rings is 1. The minimum Gasteiger partial charge on any atom is -0.352 e. The Morgan fingerprint density at radius 2 is 1.73 bits per heavy atom. The zero-order valence-electron chi connectivity index (χ0n) is 15.3. The Hall–Kier alpha value is -2.47. The van der Waals surface area contributed by atoms with Crippen LogP contribution in [0.5, 0.6) is 0 Å². The number of carbonyl (C=O) groups is 1. The molecule has 4 rings (SSSR count). The number of hydrogen-bond donors (Lipinski definition) is 0. The summed E-state index contributed by atoms with van der Waals surface area (Å²) in [5.41, 5.74) is 2.29. The van der Waals surface area contributed by atoms with Crippen molar-refractivity contribution in [3.05, 3.63) is 40.8 Å². The normalized spacial score (nSPS) is 14.9. The van der Waals surface area contributed by atoms with Gasteiger partial charge in [-0.15, -0.1) is 11.3 Å². The van der Waals surface area contributed by atoms with Crippen molar-refractivity contribution in [1.82, 2.24) is 14.9 Å². The van der Waals surface area contributed by atoms with Gasteiger partial charge in [0.05, 0.1) is 5.39 Å². The highest BCUT2D eigenvalue weighted by molar-refractivity contribution is 7.18. The molecule has 0 atom stereocenters. The van der Waals surface area contributed by atoms with Crippen LogP contribution in [0.2, 0.25) is 0 Å². The van der Waals surface area contributed by atoms with Crippen molar-refractivity contribution in [2.24, 2.45) is 0 Å². The van der Waals surface area contributed by atoms with E-state index in [-0.39, 0.29) is 5.91 Å². The van der Waals surface area contributed by atoms with Gasteiger partial charge >= 0.3 is 0 Å². The monoisotopic (exact) mass is 366 g/mol. The van der Waals surface area contributed by atoms with Crippen LogP contribution < -0.4 is 4.90 Å². The number of nitrogens with zero attached hydrogens (tertiary/aromatic N) is 4. The third kappa shape index (κ3) is 2.94. The number of amides is 1. The first-order chi connectivity index (χ1) is 12.5. The topological polar surface area (TPSA) is 49.3 Å². The summed E-state index contributed by atoms with van der Waals surface area (Å²) >= 11 is 1.73. The molecule has 1 aliphatic rings. The second-order valence-corrected chi connectivity index (χ2v) is 7.90. The summed E-state index contributed by atoms with van der Waals surface area (Å²) in [6.07, 6.45) is 0. The van der Waals surface area contributed by atoms with E-state index in [1.165, 1.54) is 10.4 Å². The van der Waals surface area contributed by atoms with Crippen molar-refractivity contribution >= 4 is 33.3 Å². The smallest absolute Gasteiger partial charge is 0.219 e. The maximum absolute atomic E-state index is 11.6. The second-order valence-electron chi connectivity index (χ2n) is 6.69. The molecule has 6 heteroatoms. The van der Waals surface area contributed by atoms with Crippen LogP contribution >= 0.6 is 11.3 Å². The molecule has 26 heavy (non-hydrogen) atoms. The summed E-state index contributed by atoms with van der Waals surface area (Å²) in [4.78, 5) is 28.0. The van der Waals surface area contributed by atoms with E-state index in [4.69, 9.17) is 9.97 Å². The Labute approximate surface area is 157 Å². The van der Waals surface area contributed by atoms with Gasteiger partial charge in [-0.2, -0.15) is 0 Å². The van der Waals surface area contributed by atoms with Gasteiger partial charge in [0.25, 0.3) is 0 Å². The summed E-state index contributed by atoms with van der Waals surface area (Å²) in [5.74, 6) is 1.91. The first-order valence-electron chi connectivity index (χ1n) is 8.88. The minimum absolute atomic E-state index is 0.144. The molecule has 3 aromatic rings. The van der Waals surface area contributed by atoms with E-state index in [1.807, 2.05) is 35.2 Å². The molecule has 1 saturated heterocycles. The fourth-order valence-corrected chi connectivity index (χ4v) is 4.43. The van der Waals surface area contributed by atoms with Crippen LogP contribution in [0, 0.1) is 13.8 Å². The van der Waals surface area contributed by atoms with Gasteiger partial charge in [-0.1, -0.05) is 30.3 Å². The van der Waals surface area contributed by atoms with Gasteiger partial charge in [0.2, 0.25) is 5.91 Å². The summed E-state index contributed by atoms with van der Waals surface area (Å²) < 4.78 is 0. The first-order valence-corrected chi connectivity index (χ1v) is 9.70. The van der Waals surface area contributed by atoms with Gasteiger partial charge in [-0.25, -0.2) is 9.97 Å².